The molecule has 0 aliphatic heterocycles. The lowest BCUT2D eigenvalue weighted by molar-refractivity contribution is -0.120. The van der Waals surface area contributed by atoms with Crippen molar-refractivity contribution in [1.82, 2.24) is 0 Å². The second-order valence-electron chi connectivity index (χ2n) is 8.26. The molecule has 0 radical (unpaired) electrons. The van der Waals surface area contributed by atoms with Gasteiger partial charge in [-0.3, -0.25) is 9.59 Å². The van der Waals surface area contributed by atoms with E-state index in [4.69, 9.17) is 15.2 Å². The van der Waals surface area contributed by atoms with Crippen molar-refractivity contribution >= 4 is 28.7 Å². The van der Waals surface area contributed by atoms with Crippen molar-refractivity contribution in [3.63, 3.8) is 0 Å². The summed E-state index contributed by atoms with van der Waals surface area (Å²) in [6.07, 6.45) is 0.394. The second-order valence-corrected chi connectivity index (χ2v) is 9.18. The molecule has 2 N–H and O–H groups in total. The number of nitrogens with zero attached hydrogens (tertiary/aromatic N) is 1. The van der Waals surface area contributed by atoms with Gasteiger partial charge in [0.05, 0.1) is 37.4 Å². The van der Waals surface area contributed by atoms with Crippen LogP contribution in [-0.2, 0) is 17.8 Å². The minimum atomic E-state index is -0.769. The van der Waals surface area contributed by atoms with E-state index in [1.54, 1.807) is 49.5 Å². The molecule has 184 valence electrons. The van der Waals surface area contributed by atoms with Crippen LogP contribution in [0.2, 0.25) is 0 Å². The summed E-state index contributed by atoms with van der Waals surface area (Å²) >= 11 is 1.31. The SMILES string of the molecule is COc1ccc(CN(C(=O)[C@@H](N)Cc2ccccc2)c2ccsc2C(=O)c2ccc(OC)cc2)cc1. The van der Waals surface area contributed by atoms with Gasteiger partial charge in [-0.1, -0.05) is 42.5 Å². The molecule has 1 atom stereocenters. The molecule has 1 heterocycles. The van der Waals surface area contributed by atoms with Crippen molar-refractivity contribution in [2.45, 2.75) is 19.0 Å². The summed E-state index contributed by atoms with van der Waals surface area (Å²) in [5.74, 6) is 0.980. The Bertz CT molecular complexity index is 1300. The summed E-state index contributed by atoms with van der Waals surface area (Å²) in [5.41, 5.74) is 9.35. The number of hydrogen-bond acceptors (Lipinski definition) is 6. The molecule has 4 rings (SSSR count). The molecule has 1 amide bonds. The first-order valence-electron chi connectivity index (χ1n) is 11.5. The largest absolute Gasteiger partial charge is 0.497 e. The highest BCUT2D eigenvalue weighted by Gasteiger charge is 2.28. The Hall–Kier alpha value is -3.94. The summed E-state index contributed by atoms with van der Waals surface area (Å²) in [7, 11) is 3.19. The predicted octanol–water partition coefficient (Wildman–Crippen LogP) is 5.10. The molecule has 36 heavy (non-hydrogen) atoms. The zero-order valence-corrected chi connectivity index (χ0v) is 21.0. The van der Waals surface area contributed by atoms with Crippen molar-refractivity contribution in [1.29, 1.82) is 0 Å². The number of benzene rings is 3. The predicted molar refractivity (Wildman–Crippen MR) is 143 cm³/mol. The molecule has 0 bridgehead atoms. The van der Waals surface area contributed by atoms with Gasteiger partial charge in [-0.2, -0.15) is 0 Å². The second kappa shape index (κ2) is 11.7. The minimum absolute atomic E-state index is 0.160. The molecule has 0 unspecified atom stereocenters. The number of hydrogen-bond donors (Lipinski definition) is 1. The van der Waals surface area contributed by atoms with E-state index >= 15 is 0 Å². The van der Waals surface area contributed by atoms with Crippen molar-refractivity contribution in [3.05, 3.63) is 112 Å². The fourth-order valence-corrected chi connectivity index (χ4v) is 4.77. The van der Waals surface area contributed by atoms with Crippen LogP contribution in [-0.4, -0.2) is 32.0 Å². The lowest BCUT2D eigenvalue weighted by Gasteiger charge is -2.26. The van der Waals surface area contributed by atoms with Gasteiger partial charge in [0.15, 0.2) is 0 Å². The first kappa shape index (κ1) is 25.2. The van der Waals surface area contributed by atoms with Crippen LogP contribution in [0.3, 0.4) is 0 Å². The molecule has 0 saturated heterocycles. The lowest BCUT2D eigenvalue weighted by Crippen LogP contribution is -2.45. The first-order valence-corrected chi connectivity index (χ1v) is 12.4. The van der Waals surface area contributed by atoms with E-state index in [0.29, 0.717) is 28.3 Å². The number of amides is 1. The molecule has 1 aromatic heterocycles. The van der Waals surface area contributed by atoms with Crippen LogP contribution in [0.1, 0.15) is 26.4 Å². The van der Waals surface area contributed by atoms with E-state index in [9.17, 15) is 9.59 Å². The smallest absolute Gasteiger partial charge is 0.244 e. The van der Waals surface area contributed by atoms with Crippen LogP contribution in [0.5, 0.6) is 11.5 Å². The minimum Gasteiger partial charge on any atom is -0.497 e. The lowest BCUT2D eigenvalue weighted by atomic mass is 10.0. The topological polar surface area (TPSA) is 81.9 Å². The van der Waals surface area contributed by atoms with Gasteiger partial charge in [0.25, 0.3) is 0 Å². The number of nitrogens with two attached hydrogens (primary N) is 1. The van der Waals surface area contributed by atoms with Crippen molar-refractivity contribution in [3.8, 4) is 11.5 Å². The molecule has 6 nitrogen and oxygen atoms in total. The highest BCUT2D eigenvalue weighted by atomic mass is 32.1. The maximum Gasteiger partial charge on any atom is 0.244 e. The van der Waals surface area contributed by atoms with Gasteiger partial charge >= 0.3 is 0 Å². The maximum absolute atomic E-state index is 13.7. The van der Waals surface area contributed by atoms with Crippen molar-refractivity contribution < 1.29 is 19.1 Å². The van der Waals surface area contributed by atoms with Crippen molar-refractivity contribution in [2.24, 2.45) is 5.73 Å². The van der Waals surface area contributed by atoms with Gasteiger partial charge in [-0.05, 0) is 65.4 Å². The Morgan fingerprint density at radius 3 is 2.06 bits per heavy atom. The number of thiophene rings is 1. The number of carbonyl (C=O) groups is 2. The highest BCUT2D eigenvalue weighted by Crippen LogP contribution is 2.31. The highest BCUT2D eigenvalue weighted by molar-refractivity contribution is 7.13. The molecule has 0 aliphatic rings. The van der Waals surface area contributed by atoms with Crippen LogP contribution in [0, 0.1) is 0 Å². The van der Waals surface area contributed by atoms with E-state index in [1.165, 1.54) is 11.3 Å². The normalized spacial score (nSPS) is 11.5. The zero-order valence-electron chi connectivity index (χ0n) is 20.2. The molecule has 3 aromatic carbocycles. The van der Waals surface area contributed by atoms with E-state index in [-0.39, 0.29) is 18.2 Å². The van der Waals surface area contributed by atoms with E-state index < -0.39 is 6.04 Å². The Kier molecular flexibility index (Phi) is 8.15. The molecule has 7 heteroatoms. The quantitative estimate of drug-likeness (QED) is 0.307. The fourth-order valence-electron chi connectivity index (χ4n) is 3.91. The van der Waals surface area contributed by atoms with Gasteiger partial charge in [0, 0.05) is 5.56 Å². The van der Waals surface area contributed by atoms with Crippen LogP contribution >= 0.6 is 11.3 Å². The van der Waals surface area contributed by atoms with Gasteiger partial charge in [0.1, 0.15) is 11.5 Å². The average Bonchev–Trinajstić information content (AvgIpc) is 3.41. The average molecular weight is 501 g/mol. The summed E-state index contributed by atoms with van der Waals surface area (Å²) in [6, 6.07) is 25.1. The van der Waals surface area contributed by atoms with Gasteiger partial charge in [-0.15, -0.1) is 11.3 Å². The van der Waals surface area contributed by atoms with Gasteiger partial charge in [0.2, 0.25) is 11.7 Å². The van der Waals surface area contributed by atoms with Crippen LogP contribution in [0.4, 0.5) is 5.69 Å². The fraction of sp³-hybridized carbons (Fsp3) is 0.172. The van der Waals surface area contributed by atoms with Crippen LogP contribution in [0.25, 0.3) is 0 Å². The number of ketones is 1. The molecule has 0 saturated carbocycles. The van der Waals surface area contributed by atoms with E-state index in [1.807, 2.05) is 60.0 Å². The number of rotatable bonds is 10. The van der Waals surface area contributed by atoms with Gasteiger partial charge < -0.3 is 20.1 Å². The molecular formula is C29H28N2O4S. The Morgan fingerprint density at radius 1 is 0.833 bits per heavy atom. The Labute approximate surface area is 214 Å². The summed E-state index contributed by atoms with van der Waals surface area (Å²) in [6.45, 7) is 0.269. The Balaban J connectivity index is 1.66. The molecule has 0 fully saturated rings. The standard InChI is InChI=1S/C29H28N2O4S/c1-34-23-12-8-21(9-13-23)19-31(29(33)25(30)18-20-6-4-3-5-7-20)26-16-17-36-28(26)27(32)22-10-14-24(35-2)15-11-22/h3-17,25H,18-19,30H2,1-2H3/t25-/m0/s1. The maximum atomic E-state index is 13.7. The molecule has 0 spiro atoms. The number of anilines is 1. The Morgan fingerprint density at radius 2 is 1.44 bits per heavy atom. The monoisotopic (exact) mass is 500 g/mol. The number of carbonyl (C=O) groups excluding carboxylic acids is 2. The summed E-state index contributed by atoms with van der Waals surface area (Å²) in [4.78, 5) is 29.3. The number of ether oxygens (including phenoxy) is 2. The van der Waals surface area contributed by atoms with Crippen molar-refractivity contribution in [2.75, 3.05) is 19.1 Å². The molecule has 0 aliphatic carbocycles. The first-order chi connectivity index (χ1) is 17.5. The van der Waals surface area contributed by atoms with E-state index in [2.05, 4.69) is 0 Å². The van der Waals surface area contributed by atoms with Crippen LogP contribution < -0.4 is 20.1 Å². The third-order valence-electron chi connectivity index (χ3n) is 5.88. The third kappa shape index (κ3) is 5.82. The van der Waals surface area contributed by atoms with E-state index in [0.717, 1.165) is 16.9 Å². The third-order valence-corrected chi connectivity index (χ3v) is 6.78. The summed E-state index contributed by atoms with van der Waals surface area (Å²) < 4.78 is 10.5. The van der Waals surface area contributed by atoms with Crippen LogP contribution in [0.15, 0.2) is 90.3 Å². The summed E-state index contributed by atoms with van der Waals surface area (Å²) in [5, 5.41) is 1.82. The number of methoxy groups -OCH3 is 2. The molecular weight excluding hydrogens is 472 g/mol. The zero-order chi connectivity index (χ0) is 25.5. The molecule has 4 aromatic rings. The van der Waals surface area contributed by atoms with Gasteiger partial charge in [-0.25, -0.2) is 0 Å².